The zero-order valence-corrected chi connectivity index (χ0v) is 8.97. The van der Waals surface area contributed by atoms with E-state index >= 15 is 0 Å². The van der Waals surface area contributed by atoms with Gasteiger partial charge in [-0.3, -0.25) is 0 Å². The minimum absolute atomic E-state index is 0. The van der Waals surface area contributed by atoms with Crippen molar-refractivity contribution in [3.8, 4) is 0 Å². The van der Waals surface area contributed by atoms with Crippen LogP contribution >= 0.6 is 0 Å². The van der Waals surface area contributed by atoms with Crippen LogP contribution in [0.4, 0.5) is 0 Å². The van der Waals surface area contributed by atoms with Crippen molar-refractivity contribution in [1.29, 1.82) is 0 Å². The van der Waals surface area contributed by atoms with E-state index < -0.39 is 0 Å². The Hall–Kier alpha value is 2.18. The predicted molar refractivity (Wildman–Crippen MR) is 8.54 cm³/mol. The van der Waals surface area contributed by atoms with Gasteiger partial charge in [-0.15, -0.1) is 0 Å². The summed E-state index contributed by atoms with van der Waals surface area (Å²) in [7, 11) is 0. The van der Waals surface area contributed by atoms with Crippen molar-refractivity contribution in [2.24, 2.45) is 0 Å². The summed E-state index contributed by atoms with van der Waals surface area (Å²) in [6, 6.07) is 0. The average Bonchev–Trinajstić information content (AvgIpc) is 0. The van der Waals surface area contributed by atoms with E-state index in [9.17, 15) is 0 Å². The van der Waals surface area contributed by atoms with Crippen molar-refractivity contribution in [2.75, 3.05) is 0 Å². The quantitative estimate of drug-likeness (QED) is 0.497. The van der Waals surface area contributed by atoms with E-state index in [1.807, 2.05) is 0 Å². The molecule has 0 N–H and O–H groups in total. The molecule has 0 saturated heterocycles. The van der Waals surface area contributed by atoms with E-state index in [2.05, 4.69) is 0 Å². The van der Waals surface area contributed by atoms with Crippen LogP contribution in [0.15, 0.2) is 0 Å². The zero-order valence-electron chi connectivity index (χ0n) is 1.86. The number of hydrogen-bond acceptors (Lipinski definition) is 0. The molecule has 0 saturated carbocycles. The van der Waals surface area contributed by atoms with Crippen molar-refractivity contribution in [3.05, 3.63) is 0 Å². The average molecular weight is 266 g/mol. The first-order valence-corrected chi connectivity index (χ1v) is 0. The van der Waals surface area contributed by atoms with Crippen molar-refractivity contribution in [2.45, 2.75) is 0 Å². The molecule has 0 aromatic heterocycles. The summed E-state index contributed by atoms with van der Waals surface area (Å²) in [6.45, 7) is 0. The van der Waals surface area contributed by atoms with Gasteiger partial charge in [-0.25, -0.2) is 0 Å². The Labute approximate surface area is 70.0 Å². The summed E-state index contributed by atoms with van der Waals surface area (Å²) in [4.78, 5) is 0. The molecule has 0 aliphatic carbocycles. The fourth-order valence-corrected chi connectivity index (χ4v) is 0. The van der Waals surface area contributed by atoms with Crippen LogP contribution < -0.4 is 0 Å². The molecule has 0 aromatic rings. The normalized spacial score (nSPS) is 0. The third-order valence-electron chi connectivity index (χ3n) is 0. The summed E-state index contributed by atoms with van der Waals surface area (Å²) in [5.41, 5.74) is 0. The van der Waals surface area contributed by atoms with Crippen molar-refractivity contribution < 1.29 is 53.6 Å². The molecule has 0 fully saturated rings. The molecule has 1 radical (unpaired) electrons. The SMILES string of the molecule is [Cu].[Fe].[SeH2].[Zn]. The second-order valence-corrected chi connectivity index (χ2v) is 0. The van der Waals surface area contributed by atoms with Crippen LogP contribution in [0.5, 0.6) is 0 Å². The summed E-state index contributed by atoms with van der Waals surface area (Å²) in [6.07, 6.45) is 0. The van der Waals surface area contributed by atoms with Gasteiger partial charge in [-0.2, -0.15) is 0 Å². The standard InChI is InChI=1S/Cu.Fe.H2Se.Zn/h;;1H2;. The van der Waals surface area contributed by atoms with E-state index in [1.165, 1.54) is 0 Å². The van der Waals surface area contributed by atoms with E-state index in [4.69, 9.17) is 0 Å². The molecule has 4 heteroatoms. The van der Waals surface area contributed by atoms with Crippen LogP contribution in [0.25, 0.3) is 0 Å². The van der Waals surface area contributed by atoms with E-state index in [1.54, 1.807) is 0 Å². The van der Waals surface area contributed by atoms with Gasteiger partial charge >= 0.3 is 17.1 Å². The van der Waals surface area contributed by atoms with Gasteiger partial charge in [0.25, 0.3) is 0 Å². The first kappa shape index (κ1) is 34.9. The van der Waals surface area contributed by atoms with E-state index in [0.29, 0.717) is 0 Å². The number of hydrogen-bond donors (Lipinski definition) is 0. The third kappa shape index (κ3) is 8.89. The fraction of sp³-hybridized carbons (Fsp3) is 0. The first-order chi connectivity index (χ1) is 0. The second-order valence-electron chi connectivity index (χ2n) is 0. The summed E-state index contributed by atoms with van der Waals surface area (Å²) >= 11 is 0. The molecule has 0 amide bonds. The van der Waals surface area contributed by atoms with Gasteiger partial charge in [-0.1, -0.05) is 0 Å². The maximum absolute atomic E-state index is 0. The van der Waals surface area contributed by atoms with Crippen molar-refractivity contribution in [1.82, 2.24) is 0 Å². The van der Waals surface area contributed by atoms with Crippen LogP contribution in [0.3, 0.4) is 0 Å². The largest absolute Gasteiger partial charge is 0 e. The molecule has 29 valence electrons. The van der Waals surface area contributed by atoms with Crippen molar-refractivity contribution in [3.63, 3.8) is 0 Å². The van der Waals surface area contributed by atoms with Gasteiger partial charge < -0.3 is 0 Å². The van der Waals surface area contributed by atoms with Crippen LogP contribution in [-0.2, 0) is 53.6 Å². The molecule has 0 aliphatic heterocycles. The van der Waals surface area contributed by atoms with Crippen LogP contribution in [-0.4, -0.2) is 17.1 Å². The van der Waals surface area contributed by atoms with Gasteiger partial charge in [0.1, 0.15) is 0 Å². The Morgan fingerprint density at radius 2 is 1.00 bits per heavy atom. The summed E-state index contributed by atoms with van der Waals surface area (Å²) < 4.78 is 0. The van der Waals surface area contributed by atoms with Crippen LogP contribution in [0.1, 0.15) is 0 Å². The third-order valence-corrected chi connectivity index (χ3v) is 0. The molecule has 0 rings (SSSR count). The van der Waals surface area contributed by atoms with Crippen LogP contribution in [0, 0.1) is 0 Å². The Morgan fingerprint density at radius 3 is 1.00 bits per heavy atom. The molecule has 0 atom stereocenters. The van der Waals surface area contributed by atoms with Crippen molar-refractivity contribution >= 4 is 17.1 Å². The van der Waals surface area contributed by atoms with Crippen LogP contribution in [0.2, 0.25) is 0 Å². The molecule has 0 aliphatic rings. The van der Waals surface area contributed by atoms with Gasteiger partial charge in [0.2, 0.25) is 0 Å². The maximum Gasteiger partial charge on any atom is 0 e. The number of rotatable bonds is 0. The molecule has 0 nitrogen and oxygen atoms in total. The van der Waals surface area contributed by atoms with Gasteiger partial charge in [0.05, 0.1) is 0 Å². The summed E-state index contributed by atoms with van der Waals surface area (Å²) in [5, 5.41) is 0. The predicted octanol–water partition coefficient (Wildman–Crippen LogP) is -0.924. The minimum atomic E-state index is 0. The monoisotopic (exact) mass is 265 g/mol. The maximum atomic E-state index is 0. The smallest absolute Gasteiger partial charge is 0 e. The van der Waals surface area contributed by atoms with E-state index in [0.717, 1.165) is 0 Å². The molecule has 0 spiro atoms. The molecule has 0 aromatic carbocycles. The molecular formula is H2CuFeSeZn. The molecule has 0 heterocycles. The Bertz CT molecular complexity index is 8.00. The molecule has 0 bridgehead atoms. The fourth-order valence-electron chi connectivity index (χ4n) is 0. The van der Waals surface area contributed by atoms with E-state index in [-0.39, 0.29) is 70.7 Å². The zero-order chi connectivity index (χ0) is 0. The topological polar surface area (TPSA) is 0 Å². The van der Waals surface area contributed by atoms with Gasteiger partial charge in [-0.05, 0) is 0 Å². The molecule has 0 unspecified atom stereocenters. The Morgan fingerprint density at radius 1 is 1.00 bits per heavy atom. The van der Waals surface area contributed by atoms with Gasteiger partial charge in [0, 0.05) is 53.6 Å². The minimum Gasteiger partial charge on any atom is 0 e. The first-order valence-electron chi connectivity index (χ1n) is 0. The Kier molecular flexibility index (Phi) is 166. The molecule has 4 heavy (non-hydrogen) atoms. The van der Waals surface area contributed by atoms with Gasteiger partial charge in [0.15, 0.2) is 0 Å². The molecular weight excluding hydrogens is 264 g/mol. The Balaban J connectivity index is 0. The second kappa shape index (κ2) is 19.0. The summed E-state index contributed by atoms with van der Waals surface area (Å²) in [5.74, 6) is 0.